The van der Waals surface area contributed by atoms with Crippen molar-refractivity contribution in [1.29, 1.82) is 0 Å². The fourth-order valence-electron chi connectivity index (χ4n) is 2.50. The number of aryl methyl sites for hydroxylation is 2. The zero-order valence-corrected chi connectivity index (χ0v) is 13.8. The largest absolute Gasteiger partial charge is 0.397 e. The molecule has 2 aromatic carbocycles. The first-order chi connectivity index (χ1) is 10.5. The second-order valence-electron chi connectivity index (χ2n) is 5.24. The van der Waals surface area contributed by atoms with Gasteiger partial charge in [-0.1, -0.05) is 35.9 Å². The van der Waals surface area contributed by atoms with Gasteiger partial charge in [-0.05, 0) is 37.1 Å². The molecule has 1 amide bonds. The highest BCUT2D eigenvalue weighted by Gasteiger charge is 2.18. The van der Waals surface area contributed by atoms with Crippen molar-refractivity contribution in [3.63, 3.8) is 0 Å². The summed E-state index contributed by atoms with van der Waals surface area (Å²) < 4.78 is 0.992. The Morgan fingerprint density at radius 2 is 1.95 bits per heavy atom. The average Bonchev–Trinajstić information content (AvgIpc) is 2.80. The molecule has 0 saturated carbocycles. The Bertz CT molecular complexity index is 862. The van der Waals surface area contributed by atoms with Crippen LogP contribution in [0.5, 0.6) is 0 Å². The lowest BCUT2D eigenvalue weighted by Crippen LogP contribution is -2.13. The minimum atomic E-state index is -0.232. The van der Waals surface area contributed by atoms with Crippen molar-refractivity contribution < 1.29 is 4.79 Å². The van der Waals surface area contributed by atoms with Gasteiger partial charge in [0.2, 0.25) is 0 Å². The third kappa shape index (κ3) is 2.56. The molecule has 0 bridgehead atoms. The van der Waals surface area contributed by atoms with Crippen molar-refractivity contribution in [3.05, 3.63) is 57.4 Å². The lowest BCUT2D eigenvalue weighted by Gasteiger charge is -2.12. The summed E-state index contributed by atoms with van der Waals surface area (Å²) in [6.07, 6.45) is 0. The zero-order chi connectivity index (χ0) is 15.9. The van der Waals surface area contributed by atoms with E-state index in [1.54, 1.807) is 0 Å². The van der Waals surface area contributed by atoms with Gasteiger partial charge in [0, 0.05) is 10.1 Å². The van der Waals surface area contributed by atoms with E-state index in [-0.39, 0.29) is 5.91 Å². The molecule has 3 nitrogen and oxygen atoms in total. The van der Waals surface area contributed by atoms with Gasteiger partial charge in [0.15, 0.2) is 0 Å². The molecule has 0 spiro atoms. The number of fused-ring (bicyclic) bond motifs is 1. The first-order valence-electron chi connectivity index (χ1n) is 6.82. The molecule has 0 fully saturated rings. The average molecular weight is 331 g/mol. The van der Waals surface area contributed by atoms with E-state index < -0.39 is 0 Å². The molecule has 0 radical (unpaired) electrons. The van der Waals surface area contributed by atoms with Crippen molar-refractivity contribution in [1.82, 2.24) is 0 Å². The van der Waals surface area contributed by atoms with Crippen LogP contribution in [0.4, 0.5) is 11.4 Å². The van der Waals surface area contributed by atoms with Crippen LogP contribution in [0.25, 0.3) is 10.1 Å². The molecule has 0 aliphatic rings. The molecular formula is C17H15ClN2OS. The topological polar surface area (TPSA) is 55.1 Å². The Balaban J connectivity index is 1.99. The van der Waals surface area contributed by atoms with E-state index in [1.165, 1.54) is 11.3 Å². The molecule has 22 heavy (non-hydrogen) atoms. The predicted molar refractivity (Wildman–Crippen MR) is 95.1 cm³/mol. The predicted octanol–water partition coefficient (Wildman–Crippen LogP) is 5.01. The number of nitrogens with one attached hydrogen (secondary N) is 1. The standard InChI is InChI=1S/C17H15ClN2OS/c1-9-7-10(2)15(12(19)8-9)20-17(21)16-14(18)11-5-3-4-6-13(11)22-16/h3-8H,19H2,1-2H3,(H,20,21). The number of hydrogen-bond donors (Lipinski definition) is 2. The molecule has 1 aromatic heterocycles. The monoisotopic (exact) mass is 330 g/mol. The van der Waals surface area contributed by atoms with Crippen molar-refractivity contribution in [2.75, 3.05) is 11.1 Å². The van der Waals surface area contributed by atoms with Gasteiger partial charge < -0.3 is 11.1 Å². The maximum absolute atomic E-state index is 12.6. The fraction of sp³-hybridized carbons (Fsp3) is 0.118. The van der Waals surface area contributed by atoms with E-state index in [0.29, 0.717) is 21.3 Å². The maximum atomic E-state index is 12.6. The Labute approximate surface area is 137 Å². The lowest BCUT2D eigenvalue weighted by atomic mass is 10.1. The molecule has 3 N–H and O–H groups in total. The molecule has 1 heterocycles. The number of hydrogen-bond acceptors (Lipinski definition) is 3. The van der Waals surface area contributed by atoms with Crippen molar-refractivity contribution in [2.24, 2.45) is 0 Å². The van der Waals surface area contributed by atoms with Gasteiger partial charge in [-0.2, -0.15) is 0 Å². The molecule has 0 saturated heterocycles. The summed E-state index contributed by atoms with van der Waals surface area (Å²) in [5.74, 6) is -0.232. The summed E-state index contributed by atoms with van der Waals surface area (Å²) >= 11 is 7.72. The summed E-state index contributed by atoms with van der Waals surface area (Å²) in [6.45, 7) is 3.89. The van der Waals surface area contributed by atoms with Gasteiger partial charge in [0.05, 0.1) is 16.4 Å². The van der Waals surface area contributed by atoms with Gasteiger partial charge in [0.25, 0.3) is 5.91 Å². The fourth-order valence-corrected chi connectivity index (χ4v) is 3.91. The number of nitrogens with two attached hydrogens (primary N) is 1. The van der Waals surface area contributed by atoms with Crippen molar-refractivity contribution >= 4 is 50.3 Å². The van der Waals surface area contributed by atoms with Gasteiger partial charge in [0.1, 0.15) is 4.88 Å². The Morgan fingerprint density at radius 1 is 1.23 bits per heavy atom. The Kier molecular flexibility index (Phi) is 3.81. The van der Waals surface area contributed by atoms with Crippen LogP contribution >= 0.6 is 22.9 Å². The minimum Gasteiger partial charge on any atom is -0.397 e. The number of carbonyl (C=O) groups excluding carboxylic acids is 1. The Hall–Kier alpha value is -2.04. The molecule has 5 heteroatoms. The van der Waals surface area contributed by atoms with E-state index in [1.807, 2.05) is 50.2 Å². The molecule has 0 unspecified atom stereocenters. The van der Waals surface area contributed by atoms with Crippen LogP contribution in [0.3, 0.4) is 0 Å². The van der Waals surface area contributed by atoms with Crippen molar-refractivity contribution in [3.8, 4) is 0 Å². The smallest absolute Gasteiger partial charge is 0.267 e. The summed E-state index contributed by atoms with van der Waals surface area (Å²) in [6, 6.07) is 11.5. The minimum absolute atomic E-state index is 0.232. The molecule has 112 valence electrons. The number of benzene rings is 2. The van der Waals surface area contributed by atoms with Crippen LogP contribution in [0.15, 0.2) is 36.4 Å². The summed E-state index contributed by atoms with van der Waals surface area (Å²) in [4.78, 5) is 13.1. The van der Waals surface area contributed by atoms with E-state index >= 15 is 0 Å². The number of amides is 1. The highest BCUT2D eigenvalue weighted by atomic mass is 35.5. The van der Waals surface area contributed by atoms with Crippen LogP contribution in [-0.2, 0) is 0 Å². The van der Waals surface area contributed by atoms with E-state index in [9.17, 15) is 4.79 Å². The third-order valence-corrected chi connectivity index (χ3v) is 5.16. The molecule has 0 aliphatic heterocycles. The van der Waals surface area contributed by atoms with Gasteiger partial charge in [-0.25, -0.2) is 0 Å². The second-order valence-corrected chi connectivity index (χ2v) is 6.67. The highest BCUT2D eigenvalue weighted by Crippen LogP contribution is 2.36. The van der Waals surface area contributed by atoms with Gasteiger partial charge in [-0.3, -0.25) is 4.79 Å². The summed E-state index contributed by atoms with van der Waals surface area (Å²) in [5.41, 5.74) is 9.21. The van der Waals surface area contributed by atoms with E-state index in [4.69, 9.17) is 17.3 Å². The SMILES string of the molecule is Cc1cc(C)c(NC(=O)c2sc3ccccc3c2Cl)c(N)c1. The van der Waals surface area contributed by atoms with Gasteiger partial charge >= 0.3 is 0 Å². The van der Waals surface area contributed by atoms with Crippen LogP contribution in [0.1, 0.15) is 20.8 Å². The first-order valence-corrected chi connectivity index (χ1v) is 8.02. The summed E-state index contributed by atoms with van der Waals surface area (Å²) in [7, 11) is 0. The van der Waals surface area contributed by atoms with Crippen LogP contribution in [0, 0.1) is 13.8 Å². The lowest BCUT2D eigenvalue weighted by molar-refractivity contribution is 0.103. The van der Waals surface area contributed by atoms with Crippen molar-refractivity contribution in [2.45, 2.75) is 13.8 Å². The summed E-state index contributed by atoms with van der Waals surface area (Å²) in [5, 5.41) is 4.27. The molecule has 3 aromatic rings. The quantitative estimate of drug-likeness (QED) is 0.649. The number of thiophene rings is 1. The van der Waals surface area contributed by atoms with Crippen LogP contribution < -0.4 is 11.1 Å². The van der Waals surface area contributed by atoms with Gasteiger partial charge in [-0.15, -0.1) is 11.3 Å². The highest BCUT2D eigenvalue weighted by molar-refractivity contribution is 7.21. The third-order valence-electron chi connectivity index (χ3n) is 3.49. The molecule has 0 atom stereocenters. The Morgan fingerprint density at radius 3 is 2.64 bits per heavy atom. The number of carbonyl (C=O) groups is 1. The number of rotatable bonds is 2. The first kappa shape index (κ1) is 14.9. The number of nitrogen functional groups attached to an aromatic ring is 1. The number of anilines is 2. The second kappa shape index (κ2) is 5.63. The zero-order valence-electron chi connectivity index (χ0n) is 12.2. The van der Waals surface area contributed by atoms with Crippen LogP contribution in [-0.4, -0.2) is 5.91 Å². The molecule has 3 rings (SSSR count). The normalized spacial score (nSPS) is 10.9. The van der Waals surface area contributed by atoms with E-state index in [2.05, 4.69) is 5.32 Å². The van der Waals surface area contributed by atoms with Crippen LogP contribution in [0.2, 0.25) is 5.02 Å². The molecular weight excluding hydrogens is 316 g/mol. The van der Waals surface area contributed by atoms with E-state index in [0.717, 1.165) is 21.2 Å². The number of halogens is 1. The maximum Gasteiger partial charge on any atom is 0.267 e. The molecule has 0 aliphatic carbocycles.